The summed E-state index contributed by atoms with van der Waals surface area (Å²) in [6.07, 6.45) is 0. The number of aromatic nitrogens is 1. The van der Waals surface area contributed by atoms with Crippen LogP contribution < -0.4 is 5.32 Å². The Kier molecular flexibility index (Phi) is 6.84. The van der Waals surface area contributed by atoms with Crippen LogP contribution in [0.15, 0.2) is 46.7 Å². The van der Waals surface area contributed by atoms with Gasteiger partial charge in [-0.2, -0.15) is 4.31 Å². The predicted octanol–water partition coefficient (Wildman–Crippen LogP) is 4.14. The van der Waals surface area contributed by atoms with Crippen LogP contribution in [0, 0.1) is 6.92 Å². The minimum Gasteiger partial charge on any atom is -0.347 e. The fraction of sp³-hybridized carbons (Fsp3) is 0.300. The summed E-state index contributed by atoms with van der Waals surface area (Å²) in [5.74, 6) is -0.248. The summed E-state index contributed by atoms with van der Waals surface area (Å²) in [6, 6.07) is 10.1. The standard InChI is InChI=1S/C20H23N3O3S3/c1-4-23(5-2)29(25,26)16-10-8-15(9-11-16)19(24)21-13-18-14(3)22-20(28-18)17-7-6-12-27-17/h6-12H,4-5,13H2,1-3H3,(H,21,24). The zero-order valence-corrected chi connectivity index (χ0v) is 19.0. The monoisotopic (exact) mass is 449 g/mol. The van der Waals surface area contributed by atoms with Crippen molar-refractivity contribution in [1.29, 1.82) is 0 Å². The summed E-state index contributed by atoms with van der Waals surface area (Å²) in [5.41, 5.74) is 1.32. The number of nitrogens with zero attached hydrogens (tertiary/aromatic N) is 2. The first kappa shape index (κ1) is 21.6. The van der Waals surface area contributed by atoms with Gasteiger partial charge in [-0.1, -0.05) is 19.9 Å². The molecule has 0 unspecified atom stereocenters. The van der Waals surface area contributed by atoms with Gasteiger partial charge in [-0.05, 0) is 42.6 Å². The molecule has 2 aromatic heterocycles. The molecule has 0 fully saturated rings. The second-order valence-electron chi connectivity index (χ2n) is 6.30. The number of aryl methyl sites for hydroxylation is 1. The van der Waals surface area contributed by atoms with Crippen molar-refractivity contribution in [2.45, 2.75) is 32.2 Å². The van der Waals surface area contributed by atoms with Crippen molar-refractivity contribution in [3.05, 3.63) is 57.9 Å². The number of carbonyl (C=O) groups excluding carboxylic acids is 1. The Labute approximate surface area is 179 Å². The Morgan fingerprint density at radius 1 is 1.14 bits per heavy atom. The molecule has 6 nitrogen and oxygen atoms in total. The van der Waals surface area contributed by atoms with Gasteiger partial charge in [0.25, 0.3) is 5.91 Å². The molecule has 154 valence electrons. The Morgan fingerprint density at radius 3 is 2.41 bits per heavy atom. The van der Waals surface area contributed by atoms with E-state index in [1.165, 1.54) is 16.4 Å². The third kappa shape index (κ3) is 4.75. The topological polar surface area (TPSA) is 79.4 Å². The lowest BCUT2D eigenvalue weighted by Gasteiger charge is -2.18. The second-order valence-corrected chi connectivity index (χ2v) is 10.3. The fourth-order valence-electron chi connectivity index (χ4n) is 2.85. The van der Waals surface area contributed by atoms with Crippen molar-refractivity contribution in [3.63, 3.8) is 0 Å². The normalized spacial score (nSPS) is 11.7. The molecule has 0 bridgehead atoms. The Bertz CT molecular complexity index is 1070. The van der Waals surface area contributed by atoms with Crippen LogP contribution in [0.1, 0.15) is 34.8 Å². The van der Waals surface area contributed by atoms with E-state index in [1.54, 1.807) is 48.7 Å². The van der Waals surface area contributed by atoms with Crippen molar-refractivity contribution < 1.29 is 13.2 Å². The van der Waals surface area contributed by atoms with E-state index in [4.69, 9.17) is 0 Å². The number of hydrogen-bond acceptors (Lipinski definition) is 6. The lowest BCUT2D eigenvalue weighted by Crippen LogP contribution is -2.30. The van der Waals surface area contributed by atoms with Gasteiger partial charge in [0.15, 0.2) is 0 Å². The van der Waals surface area contributed by atoms with E-state index < -0.39 is 10.0 Å². The molecule has 0 radical (unpaired) electrons. The Balaban J connectivity index is 1.68. The molecule has 0 atom stereocenters. The maximum absolute atomic E-state index is 12.5. The molecule has 9 heteroatoms. The molecule has 0 aliphatic carbocycles. The summed E-state index contributed by atoms with van der Waals surface area (Å²) >= 11 is 3.20. The minimum absolute atomic E-state index is 0.191. The third-order valence-corrected chi connectivity index (χ3v) is 8.75. The van der Waals surface area contributed by atoms with Gasteiger partial charge in [0.2, 0.25) is 10.0 Å². The highest BCUT2D eigenvalue weighted by Gasteiger charge is 2.21. The van der Waals surface area contributed by atoms with Crippen molar-refractivity contribution in [2.75, 3.05) is 13.1 Å². The molecule has 3 aromatic rings. The van der Waals surface area contributed by atoms with Crippen LogP contribution >= 0.6 is 22.7 Å². The van der Waals surface area contributed by atoms with E-state index in [0.717, 1.165) is 20.5 Å². The van der Waals surface area contributed by atoms with Gasteiger partial charge in [-0.15, -0.1) is 22.7 Å². The van der Waals surface area contributed by atoms with Crippen LogP contribution in [0.4, 0.5) is 0 Å². The predicted molar refractivity (Wildman–Crippen MR) is 118 cm³/mol. The SMILES string of the molecule is CCN(CC)S(=O)(=O)c1ccc(C(=O)NCc2sc(-c3cccs3)nc2C)cc1. The quantitative estimate of drug-likeness (QED) is 0.560. The van der Waals surface area contributed by atoms with E-state index in [9.17, 15) is 13.2 Å². The summed E-state index contributed by atoms with van der Waals surface area (Å²) in [5, 5.41) is 5.86. The first-order chi connectivity index (χ1) is 13.9. The molecule has 0 saturated carbocycles. The number of benzene rings is 1. The highest BCUT2D eigenvalue weighted by Crippen LogP contribution is 2.31. The first-order valence-corrected chi connectivity index (χ1v) is 12.4. The third-order valence-electron chi connectivity index (χ3n) is 4.49. The average Bonchev–Trinajstić information content (AvgIpc) is 3.37. The van der Waals surface area contributed by atoms with Crippen LogP contribution in [-0.4, -0.2) is 36.7 Å². The molecule has 0 saturated heterocycles. The molecule has 1 amide bonds. The molecule has 2 heterocycles. The van der Waals surface area contributed by atoms with Gasteiger partial charge in [0.05, 0.1) is 22.0 Å². The van der Waals surface area contributed by atoms with Crippen LogP contribution in [-0.2, 0) is 16.6 Å². The highest BCUT2D eigenvalue weighted by molar-refractivity contribution is 7.89. The van der Waals surface area contributed by atoms with E-state index >= 15 is 0 Å². The molecule has 0 aliphatic rings. The molecular weight excluding hydrogens is 426 g/mol. The van der Waals surface area contributed by atoms with Crippen LogP contribution in [0.2, 0.25) is 0 Å². The number of thiazole rings is 1. The van der Waals surface area contributed by atoms with E-state index in [-0.39, 0.29) is 10.8 Å². The highest BCUT2D eigenvalue weighted by atomic mass is 32.2. The number of amides is 1. The number of sulfonamides is 1. The number of thiophene rings is 1. The molecular formula is C20H23N3O3S3. The van der Waals surface area contributed by atoms with E-state index in [0.29, 0.717) is 25.2 Å². The van der Waals surface area contributed by atoms with Crippen molar-refractivity contribution in [3.8, 4) is 9.88 Å². The largest absolute Gasteiger partial charge is 0.347 e. The lowest BCUT2D eigenvalue weighted by molar-refractivity contribution is 0.0951. The number of hydrogen-bond donors (Lipinski definition) is 1. The molecule has 0 aliphatic heterocycles. The van der Waals surface area contributed by atoms with Gasteiger partial charge >= 0.3 is 0 Å². The Morgan fingerprint density at radius 2 is 1.83 bits per heavy atom. The van der Waals surface area contributed by atoms with Gasteiger partial charge in [0.1, 0.15) is 5.01 Å². The minimum atomic E-state index is -3.53. The summed E-state index contributed by atoms with van der Waals surface area (Å²) in [7, 11) is -3.53. The van der Waals surface area contributed by atoms with E-state index in [2.05, 4.69) is 10.3 Å². The number of nitrogens with one attached hydrogen (secondary N) is 1. The lowest BCUT2D eigenvalue weighted by atomic mass is 10.2. The van der Waals surface area contributed by atoms with Gasteiger partial charge < -0.3 is 5.32 Å². The zero-order chi connectivity index (χ0) is 21.0. The van der Waals surface area contributed by atoms with Crippen LogP contribution in [0.5, 0.6) is 0 Å². The molecule has 0 spiro atoms. The smallest absolute Gasteiger partial charge is 0.251 e. The second kappa shape index (κ2) is 9.17. The van der Waals surface area contributed by atoms with Gasteiger partial charge in [-0.3, -0.25) is 4.79 Å². The first-order valence-electron chi connectivity index (χ1n) is 9.25. The summed E-state index contributed by atoms with van der Waals surface area (Å²) in [6.45, 7) is 6.73. The molecule has 29 heavy (non-hydrogen) atoms. The van der Waals surface area contributed by atoms with Crippen molar-refractivity contribution in [1.82, 2.24) is 14.6 Å². The summed E-state index contributed by atoms with van der Waals surface area (Å²) in [4.78, 5) is 19.4. The maximum atomic E-state index is 12.5. The zero-order valence-electron chi connectivity index (χ0n) is 16.5. The van der Waals surface area contributed by atoms with Gasteiger partial charge in [0, 0.05) is 23.5 Å². The number of rotatable bonds is 8. The van der Waals surface area contributed by atoms with Crippen LogP contribution in [0.25, 0.3) is 9.88 Å². The van der Waals surface area contributed by atoms with Crippen molar-refractivity contribution in [2.24, 2.45) is 0 Å². The van der Waals surface area contributed by atoms with Crippen molar-refractivity contribution >= 4 is 38.6 Å². The summed E-state index contributed by atoms with van der Waals surface area (Å²) < 4.78 is 26.5. The van der Waals surface area contributed by atoms with Crippen LogP contribution in [0.3, 0.4) is 0 Å². The van der Waals surface area contributed by atoms with E-state index in [1.807, 2.05) is 24.4 Å². The Hall–Kier alpha value is -2.07. The molecule has 3 rings (SSSR count). The fourth-order valence-corrected chi connectivity index (χ4v) is 6.11. The maximum Gasteiger partial charge on any atom is 0.251 e. The molecule has 1 aromatic carbocycles. The molecule has 1 N–H and O–H groups in total. The number of carbonyl (C=O) groups is 1. The van der Waals surface area contributed by atoms with Gasteiger partial charge in [-0.25, -0.2) is 13.4 Å². The average molecular weight is 450 g/mol.